The molecule has 1 heterocycles. The van der Waals surface area contributed by atoms with Gasteiger partial charge in [0, 0.05) is 13.1 Å². The number of likely N-dealkylation sites (tertiary alicyclic amines) is 1. The number of rotatable bonds is 7. The Balaban J connectivity index is 1.29. The first-order valence-electron chi connectivity index (χ1n) is 10.5. The van der Waals surface area contributed by atoms with E-state index in [1.54, 1.807) is 0 Å². The quantitative estimate of drug-likeness (QED) is 0.776. The summed E-state index contributed by atoms with van der Waals surface area (Å²) in [5, 5.41) is 6.40. The molecule has 146 valence electrons. The Morgan fingerprint density at radius 1 is 1.07 bits per heavy atom. The van der Waals surface area contributed by atoms with Gasteiger partial charge in [-0.15, -0.1) is 0 Å². The van der Waals surface area contributed by atoms with Crippen LogP contribution in [0.1, 0.15) is 50.5 Å². The summed E-state index contributed by atoms with van der Waals surface area (Å²) in [6.45, 7) is 2.82. The fourth-order valence-electron chi connectivity index (χ4n) is 4.41. The van der Waals surface area contributed by atoms with E-state index in [2.05, 4.69) is 27.7 Å². The molecule has 1 aliphatic heterocycles. The lowest BCUT2D eigenvalue weighted by Crippen LogP contribution is -2.54. The lowest BCUT2D eigenvalue weighted by Gasteiger charge is -2.43. The molecule has 5 heteroatoms. The number of piperidine rings is 1. The van der Waals surface area contributed by atoms with Crippen LogP contribution in [0.5, 0.6) is 0 Å². The standard InChI is InChI=1S/C22H31N3O2/c26-20(24-22(11-5-12-22)19-7-2-1-3-8-19)16-25-13-4-6-18(15-25)21(27)23-14-17-9-10-17/h1-3,7-8,17-18H,4-6,9-16H2,(H,23,27)(H,24,26). The molecule has 1 saturated heterocycles. The van der Waals surface area contributed by atoms with E-state index < -0.39 is 0 Å². The average molecular weight is 370 g/mol. The van der Waals surface area contributed by atoms with Crippen LogP contribution in [0.15, 0.2) is 30.3 Å². The van der Waals surface area contributed by atoms with E-state index in [1.165, 1.54) is 18.4 Å². The molecule has 27 heavy (non-hydrogen) atoms. The normalized spacial score (nSPS) is 24.7. The van der Waals surface area contributed by atoms with Gasteiger partial charge in [-0.3, -0.25) is 14.5 Å². The van der Waals surface area contributed by atoms with Gasteiger partial charge in [-0.1, -0.05) is 30.3 Å². The van der Waals surface area contributed by atoms with Gasteiger partial charge in [0.25, 0.3) is 0 Å². The van der Waals surface area contributed by atoms with Gasteiger partial charge in [-0.25, -0.2) is 0 Å². The maximum Gasteiger partial charge on any atom is 0.234 e. The zero-order valence-corrected chi connectivity index (χ0v) is 16.1. The van der Waals surface area contributed by atoms with Gasteiger partial charge < -0.3 is 10.6 Å². The van der Waals surface area contributed by atoms with Crippen molar-refractivity contribution >= 4 is 11.8 Å². The molecular weight excluding hydrogens is 338 g/mol. The first kappa shape index (κ1) is 18.5. The number of hydrogen-bond donors (Lipinski definition) is 2. The molecule has 1 atom stereocenters. The highest BCUT2D eigenvalue weighted by atomic mass is 16.2. The Hall–Kier alpha value is -1.88. The summed E-state index contributed by atoms with van der Waals surface area (Å²) in [7, 11) is 0. The predicted octanol–water partition coefficient (Wildman–Crippen LogP) is 2.42. The highest BCUT2D eigenvalue weighted by Gasteiger charge is 2.40. The van der Waals surface area contributed by atoms with Gasteiger partial charge >= 0.3 is 0 Å². The van der Waals surface area contributed by atoms with E-state index in [1.807, 2.05) is 18.2 Å². The van der Waals surface area contributed by atoms with Gasteiger partial charge in [-0.05, 0) is 63.0 Å². The largest absolute Gasteiger partial charge is 0.356 e. The summed E-state index contributed by atoms with van der Waals surface area (Å²) in [5.41, 5.74) is 1.02. The maximum absolute atomic E-state index is 12.7. The molecule has 4 rings (SSSR count). The van der Waals surface area contributed by atoms with Crippen LogP contribution >= 0.6 is 0 Å². The number of carbonyl (C=O) groups is 2. The Bertz CT molecular complexity index is 667. The Kier molecular flexibility index (Phi) is 5.48. The Morgan fingerprint density at radius 2 is 1.85 bits per heavy atom. The topological polar surface area (TPSA) is 61.4 Å². The van der Waals surface area contributed by atoms with Crippen LogP contribution in [-0.2, 0) is 15.1 Å². The van der Waals surface area contributed by atoms with Crippen molar-refractivity contribution in [3.05, 3.63) is 35.9 Å². The van der Waals surface area contributed by atoms with E-state index in [-0.39, 0.29) is 23.3 Å². The van der Waals surface area contributed by atoms with Crippen LogP contribution in [-0.4, -0.2) is 42.9 Å². The van der Waals surface area contributed by atoms with E-state index >= 15 is 0 Å². The van der Waals surface area contributed by atoms with Crippen LogP contribution in [0.3, 0.4) is 0 Å². The second-order valence-corrected chi connectivity index (χ2v) is 8.61. The monoisotopic (exact) mass is 369 g/mol. The predicted molar refractivity (Wildman–Crippen MR) is 105 cm³/mol. The van der Waals surface area contributed by atoms with Gasteiger partial charge in [0.2, 0.25) is 11.8 Å². The Morgan fingerprint density at radius 3 is 2.52 bits per heavy atom. The van der Waals surface area contributed by atoms with Gasteiger partial charge in [0.05, 0.1) is 18.0 Å². The molecule has 5 nitrogen and oxygen atoms in total. The van der Waals surface area contributed by atoms with Crippen molar-refractivity contribution in [2.45, 2.75) is 50.5 Å². The minimum Gasteiger partial charge on any atom is -0.356 e. The average Bonchev–Trinajstić information content (AvgIpc) is 3.48. The molecule has 2 N–H and O–H groups in total. The van der Waals surface area contributed by atoms with E-state index in [4.69, 9.17) is 0 Å². The van der Waals surface area contributed by atoms with Crippen LogP contribution in [0.2, 0.25) is 0 Å². The van der Waals surface area contributed by atoms with E-state index in [9.17, 15) is 9.59 Å². The van der Waals surface area contributed by atoms with Gasteiger partial charge in [-0.2, -0.15) is 0 Å². The molecule has 1 aromatic rings. The summed E-state index contributed by atoms with van der Waals surface area (Å²) in [6, 6.07) is 10.3. The highest BCUT2D eigenvalue weighted by Crippen LogP contribution is 2.41. The van der Waals surface area contributed by atoms with Crippen molar-refractivity contribution in [3.8, 4) is 0 Å². The lowest BCUT2D eigenvalue weighted by atomic mass is 9.72. The third-order valence-electron chi connectivity index (χ3n) is 6.42. The minimum atomic E-state index is -0.185. The zero-order chi connectivity index (χ0) is 18.7. The molecule has 1 unspecified atom stereocenters. The fraction of sp³-hybridized carbons (Fsp3) is 0.636. The van der Waals surface area contributed by atoms with Gasteiger partial charge in [0.1, 0.15) is 0 Å². The zero-order valence-electron chi connectivity index (χ0n) is 16.1. The van der Waals surface area contributed by atoms with Crippen molar-refractivity contribution in [1.82, 2.24) is 15.5 Å². The molecule has 3 fully saturated rings. The molecule has 3 aliphatic rings. The van der Waals surface area contributed by atoms with Crippen LogP contribution in [0.25, 0.3) is 0 Å². The molecule has 2 aliphatic carbocycles. The molecule has 0 bridgehead atoms. The van der Waals surface area contributed by atoms with Crippen molar-refractivity contribution in [2.75, 3.05) is 26.2 Å². The Labute approximate surface area is 161 Å². The SMILES string of the molecule is O=C(CN1CCCC(C(=O)NCC2CC2)C1)NC1(c2ccccc2)CCC1. The number of hydrogen-bond acceptors (Lipinski definition) is 3. The molecule has 0 spiro atoms. The molecule has 0 radical (unpaired) electrons. The first-order chi connectivity index (χ1) is 13.1. The molecule has 2 amide bonds. The summed E-state index contributed by atoms with van der Waals surface area (Å²) in [4.78, 5) is 27.3. The van der Waals surface area contributed by atoms with E-state index in [0.29, 0.717) is 19.0 Å². The number of benzene rings is 1. The van der Waals surface area contributed by atoms with Crippen LogP contribution < -0.4 is 10.6 Å². The summed E-state index contributed by atoms with van der Waals surface area (Å²) >= 11 is 0. The van der Waals surface area contributed by atoms with Crippen molar-refractivity contribution in [1.29, 1.82) is 0 Å². The highest BCUT2D eigenvalue weighted by molar-refractivity contribution is 5.80. The number of nitrogens with one attached hydrogen (secondary N) is 2. The maximum atomic E-state index is 12.7. The third-order valence-corrected chi connectivity index (χ3v) is 6.42. The lowest BCUT2D eigenvalue weighted by molar-refractivity contribution is -0.130. The molecule has 2 saturated carbocycles. The van der Waals surface area contributed by atoms with Crippen molar-refractivity contribution in [3.63, 3.8) is 0 Å². The van der Waals surface area contributed by atoms with Crippen LogP contribution in [0.4, 0.5) is 0 Å². The van der Waals surface area contributed by atoms with Crippen molar-refractivity contribution in [2.24, 2.45) is 11.8 Å². The molecule has 1 aromatic carbocycles. The minimum absolute atomic E-state index is 0.0251. The third kappa shape index (κ3) is 4.52. The van der Waals surface area contributed by atoms with Gasteiger partial charge in [0.15, 0.2) is 0 Å². The summed E-state index contributed by atoms with van der Waals surface area (Å²) in [5.74, 6) is 0.984. The summed E-state index contributed by atoms with van der Waals surface area (Å²) in [6.07, 6.45) is 7.59. The second kappa shape index (κ2) is 8.01. The van der Waals surface area contributed by atoms with Crippen LogP contribution in [0, 0.1) is 11.8 Å². The van der Waals surface area contributed by atoms with Crippen molar-refractivity contribution < 1.29 is 9.59 Å². The molecular formula is C22H31N3O2. The molecule has 0 aromatic heterocycles. The second-order valence-electron chi connectivity index (χ2n) is 8.61. The smallest absolute Gasteiger partial charge is 0.234 e. The number of nitrogens with zero attached hydrogens (tertiary/aromatic N) is 1. The first-order valence-corrected chi connectivity index (χ1v) is 10.5. The number of carbonyl (C=O) groups excluding carboxylic acids is 2. The fourth-order valence-corrected chi connectivity index (χ4v) is 4.41. The van der Waals surface area contributed by atoms with E-state index in [0.717, 1.165) is 45.2 Å². The summed E-state index contributed by atoms with van der Waals surface area (Å²) < 4.78 is 0. The number of amides is 2.